The van der Waals surface area contributed by atoms with Crippen LogP contribution in [0.3, 0.4) is 0 Å². The Hall–Kier alpha value is -1.43. The summed E-state index contributed by atoms with van der Waals surface area (Å²) in [5.74, 6) is 0.193. The van der Waals surface area contributed by atoms with Crippen LogP contribution >= 0.6 is 0 Å². The highest BCUT2D eigenvalue weighted by molar-refractivity contribution is 5.78. The lowest BCUT2D eigenvalue weighted by Crippen LogP contribution is -2.55. The first-order valence-corrected chi connectivity index (χ1v) is 9.62. The van der Waals surface area contributed by atoms with Crippen molar-refractivity contribution >= 4 is 5.91 Å². The Kier molecular flexibility index (Phi) is 6.45. The Balaban J connectivity index is 1.49. The van der Waals surface area contributed by atoms with Crippen LogP contribution in [0.4, 0.5) is 0 Å². The molecule has 1 N–H and O–H groups in total. The van der Waals surface area contributed by atoms with Gasteiger partial charge in [-0.05, 0) is 18.4 Å². The maximum atomic E-state index is 11.7. The predicted molar refractivity (Wildman–Crippen MR) is 99.2 cm³/mol. The van der Waals surface area contributed by atoms with Crippen LogP contribution in [-0.2, 0) is 11.3 Å². The van der Waals surface area contributed by atoms with Gasteiger partial charge < -0.3 is 10.0 Å². The van der Waals surface area contributed by atoms with Gasteiger partial charge in [-0.3, -0.25) is 14.6 Å². The maximum absolute atomic E-state index is 11.7. The van der Waals surface area contributed by atoms with Gasteiger partial charge in [0.05, 0.1) is 6.10 Å². The number of β-amino-alcohol motifs (C(OH)–C–C–N with tert-alkyl or cyclic N) is 1. The van der Waals surface area contributed by atoms with Crippen molar-refractivity contribution in [3.05, 3.63) is 35.9 Å². The van der Waals surface area contributed by atoms with E-state index in [2.05, 4.69) is 47.1 Å². The van der Waals surface area contributed by atoms with Gasteiger partial charge in [0.1, 0.15) is 0 Å². The molecule has 0 bridgehead atoms. The van der Waals surface area contributed by atoms with Crippen molar-refractivity contribution in [3.63, 3.8) is 0 Å². The molecule has 0 saturated carbocycles. The zero-order chi connectivity index (χ0) is 17.6. The van der Waals surface area contributed by atoms with Gasteiger partial charge in [0, 0.05) is 58.3 Å². The lowest BCUT2D eigenvalue weighted by Gasteiger charge is -2.42. The van der Waals surface area contributed by atoms with E-state index in [0.29, 0.717) is 25.6 Å². The number of amides is 1. The monoisotopic (exact) mass is 345 g/mol. The number of aliphatic hydroxyl groups is 1. The average Bonchev–Trinajstić information content (AvgIpc) is 3.02. The first kappa shape index (κ1) is 18.4. The highest BCUT2D eigenvalue weighted by Crippen LogP contribution is 2.17. The van der Waals surface area contributed by atoms with Crippen molar-refractivity contribution in [1.29, 1.82) is 0 Å². The van der Waals surface area contributed by atoms with E-state index in [9.17, 15) is 9.90 Å². The second-order valence-corrected chi connectivity index (χ2v) is 7.37. The smallest absolute Gasteiger partial charge is 0.222 e. The van der Waals surface area contributed by atoms with E-state index in [1.54, 1.807) is 0 Å². The molecule has 1 aromatic rings. The minimum Gasteiger partial charge on any atom is -0.390 e. The first-order valence-electron chi connectivity index (χ1n) is 9.62. The number of carbonyl (C=O) groups excluding carboxylic acids is 1. The van der Waals surface area contributed by atoms with Crippen LogP contribution in [-0.4, -0.2) is 77.1 Å². The Morgan fingerprint density at radius 2 is 1.96 bits per heavy atom. The van der Waals surface area contributed by atoms with E-state index >= 15 is 0 Å². The summed E-state index contributed by atoms with van der Waals surface area (Å²) >= 11 is 0. The molecule has 1 amide bonds. The molecule has 0 aliphatic carbocycles. The number of rotatable bonds is 7. The molecule has 5 heteroatoms. The lowest BCUT2D eigenvalue weighted by atomic mass is 10.1. The summed E-state index contributed by atoms with van der Waals surface area (Å²) in [4.78, 5) is 18.5. The molecule has 2 atom stereocenters. The number of aliphatic hydroxyl groups excluding tert-OH is 1. The molecule has 3 rings (SSSR count). The summed E-state index contributed by atoms with van der Waals surface area (Å²) in [6.07, 6.45) is 2.21. The SMILES string of the molecule is CC[C@H]1CN(Cc2ccccc2)CCN1C[C@@H](O)CN1CCCC1=O. The highest BCUT2D eigenvalue weighted by atomic mass is 16.3. The van der Waals surface area contributed by atoms with Crippen LogP contribution in [0.15, 0.2) is 30.3 Å². The second-order valence-electron chi connectivity index (χ2n) is 7.37. The molecule has 0 radical (unpaired) electrons. The number of carbonyl (C=O) groups is 1. The molecule has 2 heterocycles. The van der Waals surface area contributed by atoms with Crippen molar-refractivity contribution in [1.82, 2.24) is 14.7 Å². The van der Waals surface area contributed by atoms with Gasteiger partial charge in [-0.1, -0.05) is 37.3 Å². The van der Waals surface area contributed by atoms with Crippen molar-refractivity contribution in [2.75, 3.05) is 39.3 Å². The number of piperazine rings is 1. The fraction of sp³-hybridized carbons (Fsp3) is 0.650. The largest absolute Gasteiger partial charge is 0.390 e. The van der Waals surface area contributed by atoms with Crippen molar-refractivity contribution in [2.24, 2.45) is 0 Å². The average molecular weight is 345 g/mol. The van der Waals surface area contributed by atoms with E-state index in [1.807, 2.05) is 4.90 Å². The molecule has 138 valence electrons. The van der Waals surface area contributed by atoms with Crippen LogP contribution in [0, 0.1) is 0 Å². The quantitative estimate of drug-likeness (QED) is 0.815. The molecule has 25 heavy (non-hydrogen) atoms. The highest BCUT2D eigenvalue weighted by Gasteiger charge is 2.29. The van der Waals surface area contributed by atoms with Gasteiger partial charge in [0.2, 0.25) is 5.91 Å². The Morgan fingerprint density at radius 3 is 2.64 bits per heavy atom. The fourth-order valence-electron chi connectivity index (χ4n) is 4.05. The van der Waals surface area contributed by atoms with Gasteiger partial charge >= 0.3 is 0 Å². The second kappa shape index (κ2) is 8.79. The fourth-order valence-corrected chi connectivity index (χ4v) is 4.05. The molecule has 2 fully saturated rings. The van der Waals surface area contributed by atoms with Crippen molar-refractivity contribution in [2.45, 2.75) is 44.9 Å². The van der Waals surface area contributed by atoms with Crippen LogP contribution in [0.1, 0.15) is 31.7 Å². The van der Waals surface area contributed by atoms with Gasteiger partial charge in [0.15, 0.2) is 0 Å². The molecule has 0 unspecified atom stereocenters. The molecule has 2 aliphatic heterocycles. The van der Waals surface area contributed by atoms with Crippen molar-refractivity contribution in [3.8, 4) is 0 Å². The number of nitrogens with zero attached hydrogens (tertiary/aromatic N) is 3. The molecule has 5 nitrogen and oxygen atoms in total. The zero-order valence-electron chi connectivity index (χ0n) is 15.3. The first-order chi connectivity index (χ1) is 12.2. The molecule has 2 saturated heterocycles. The Labute approximate surface area is 151 Å². The Morgan fingerprint density at radius 1 is 1.16 bits per heavy atom. The standard InChI is InChI=1S/C20H31N3O2/c1-2-18-14-21(13-17-7-4-3-5-8-17)11-12-22(18)15-19(24)16-23-10-6-9-20(23)25/h3-5,7-8,18-19,24H,2,6,9-16H2,1H3/t18-,19+/m0/s1. The molecule has 0 aromatic heterocycles. The number of likely N-dealkylation sites (tertiary alicyclic amines) is 1. The summed E-state index contributed by atoms with van der Waals surface area (Å²) in [5, 5.41) is 10.4. The predicted octanol–water partition coefficient (Wildman–Crippen LogP) is 1.57. The van der Waals surface area contributed by atoms with E-state index in [-0.39, 0.29) is 5.91 Å². The van der Waals surface area contributed by atoms with E-state index in [4.69, 9.17) is 0 Å². The summed E-state index contributed by atoms with van der Waals surface area (Å²) in [5.41, 5.74) is 1.36. The third-order valence-electron chi connectivity index (χ3n) is 5.46. The van der Waals surface area contributed by atoms with Gasteiger partial charge in [-0.2, -0.15) is 0 Å². The number of benzene rings is 1. The third-order valence-corrected chi connectivity index (χ3v) is 5.46. The van der Waals surface area contributed by atoms with Gasteiger partial charge in [-0.25, -0.2) is 0 Å². The summed E-state index contributed by atoms with van der Waals surface area (Å²) < 4.78 is 0. The van der Waals surface area contributed by atoms with E-state index in [0.717, 1.165) is 45.6 Å². The normalized spacial score (nSPS) is 24.0. The van der Waals surface area contributed by atoms with Crippen molar-refractivity contribution < 1.29 is 9.90 Å². The van der Waals surface area contributed by atoms with E-state index in [1.165, 1.54) is 5.56 Å². The minimum absolute atomic E-state index is 0.193. The molecule has 0 spiro atoms. The minimum atomic E-state index is -0.447. The van der Waals surface area contributed by atoms with Crippen LogP contribution < -0.4 is 0 Å². The topological polar surface area (TPSA) is 47.0 Å². The number of hydrogen-bond acceptors (Lipinski definition) is 4. The number of hydrogen-bond donors (Lipinski definition) is 1. The summed E-state index contributed by atoms with van der Waals surface area (Å²) in [7, 11) is 0. The summed E-state index contributed by atoms with van der Waals surface area (Å²) in [6, 6.07) is 11.1. The van der Waals surface area contributed by atoms with Gasteiger partial charge in [-0.15, -0.1) is 0 Å². The summed E-state index contributed by atoms with van der Waals surface area (Å²) in [6.45, 7) is 8.23. The third kappa shape index (κ3) is 5.03. The van der Waals surface area contributed by atoms with Crippen LogP contribution in [0.5, 0.6) is 0 Å². The lowest BCUT2D eigenvalue weighted by molar-refractivity contribution is -0.129. The molecular weight excluding hydrogens is 314 g/mol. The molecule has 1 aromatic carbocycles. The van der Waals surface area contributed by atoms with Crippen LogP contribution in [0.25, 0.3) is 0 Å². The Bertz CT molecular complexity index is 551. The van der Waals surface area contributed by atoms with E-state index < -0.39 is 6.10 Å². The van der Waals surface area contributed by atoms with Gasteiger partial charge in [0.25, 0.3) is 0 Å². The zero-order valence-corrected chi connectivity index (χ0v) is 15.3. The van der Waals surface area contributed by atoms with Crippen LogP contribution in [0.2, 0.25) is 0 Å². The molecular formula is C20H31N3O2. The molecule has 2 aliphatic rings. The maximum Gasteiger partial charge on any atom is 0.222 e.